The Morgan fingerprint density at radius 1 is 1.05 bits per heavy atom. The van der Waals surface area contributed by atoms with Crippen molar-refractivity contribution in [1.82, 2.24) is 0 Å². The summed E-state index contributed by atoms with van der Waals surface area (Å²) in [4.78, 5) is 22.3. The Bertz CT molecular complexity index is 666. The molecule has 114 valence electrons. The average molecular weight is 298 g/mol. The van der Waals surface area contributed by atoms with Gasteiger partial charge in [0.05, 0.1) is 11.1 Å². The molecule has 0 saturated carbocycles. The van der Waals surface area contributed by atoms with Crippen LogP contribution in [0.3, 0.4) is 0 Å². The number of hydrogen-bond donors (Lipinski definition) is 2. The largest absolute Gasteiger partial charge is 0.478 e. The number of hydrogen-bond acceptors (Lipinski definition) is 2. The minimum absolute atomic E-state index is 0.160. The monoisotopic (exact) mass is 298 g/mol. The number of carboxylic acid groups (broad SMARTS) is 2. The fraction of sp³-hybridized carbons (Fsp3) is 0.333. The van der Waals surface area contributed by atoms with E-state index in [4.69, 9.17) is 10.2 Å². The SMILES string of the molecule is CCCCCCC#CC#Cc1cccc(C(=O)O)c1C(=O)O. The van der Waals surface area contributed by atoms with E-state index in [0.717, 1.165) is 19.3 Å². The maximum Gasteiger partial charge on any atom is 0.337 e. The van der Waals surface area contributed by atoms with Crippen LogP contribution in [0.2, 0.25) is 0 Å². The van der Waals surface area contributed by atoms with E-state index < -0.39 is 11.9 Å². The second-order valence-corrected chi connectivity index (χ2v) is 4.70. The normalized spacial score (nSPS) is 9.14. The number of unbranched alkanes of at least 4 members (excludes halogenated alkanes) is 4. The first-order valence-corrected chi connectivity index (χ1v) is 7.16. The average Bonchev–Trinajstić information content (AvgIpc) is 2.49. The maximum atomic E-state index is 11.2. The van der Waals surface area contributed by atoms with Crippen molar-refractivity contribution in [3.05, 3.63) is 34.9 Å². The first-order valence-electron chi connectivity index (χ1n) is 7.16. The summed E-state index contributed by atoms with van der Waals surface area (Å²) in [6, 6.07) is 4.19. The molecule has 0 atom stereocenters. The molecule has 1 aromatic carbocycles. The molecule has 0 unspecified atom stereocenters. The number of carbonyl (C=O) groups is 2. The lowest BCUT2D eigenvalue weighted by atomic mass is 10.0. The molecule has 4 heteroatoms. The second-order valence-electron chi connectivity index (χ2n) is 4.70. The van der Waals surface area contributed by atoms with Gasteiger partial charge < -0.3 is 10.2 Å². The van der Waals surface area contributed by atoms with Crippen LogP contribution in [0, 0.1) is 23.7 Å². The molecule has 0 bridgehead atoms. The molecule has 0 aliphatic heterocycles. The standard InChI is InChI=1S/C18H18O4/c1-2-3-4-5-6-7-8-9-11-14-12-10-13-15(17(19)20)16(14)18(21)22/h10,12-13H,2-6H2,1H3,(H,19,20)(H,21,22). The summed E-state index contributed by atoms with van der Waals surface area (Å²) in [6.45, 7) is 2.14. The molecule has 1 aromatic rings. The predicted octanol–water partition coefficient (Wildman–Crippen LogP) is 3.41. The Morgan fingerprint density at radius 3 is 2.45 bits per heavy atom. The van der Waals surface area contributed by atoms with Crippen molar-refractivity contribution in [3.8, 4) is 23.7 Å². The molecule has 1 rings (SSSR count). The van der Waals surface area contributed by atoms with Crippen molar-refractivity contribution in [1.29, 1.82) is 0 Å². The van der Waals surface area contributed by atoms with Crippen LogP contribution in [-0.4, -0.2) is 22.2 Å². The molecular formula is C18H18O4. The van der Waals surface area contributed by atoms with Crippen molar-refractivity contribution >= 4 is 11.9 Å². The molecule has 22 heavy (non-hydrogen) atoms. The van der Waals surface area contributed by atoms with Gasteiger partial charge in [-0.3, -0.25) is 0 Å². The maximum absolute atomic E-state index is 11.2. The Labute approximate surface area is 130 Å². The third kappa shape index (κ3) is 5.34. The first kappa shape index (κ1) is 17.3. The van der Waals surface area contributed by atoms with Crippen molar-refractivity contribution < 1.29 is 19.8 Å². The lowest BCUT2D eigenvalue weighted by Crippen LogP contribution is -2.10. The van der Waals surface area contributed by atoms with Crippen molar-refractivity contribution in [3.63, 3.8) is 0 Å². The van der Waals surface area contributed by atoms with E-state index in [0.29, 0.717) is 0 Å². The van der Waals surface area contributed by atoms with E-state index in [-0.39, 0.29) is 16.7 Å². The van der Waals surface area contributed by atoms with Crippen LogP contribution >= 0.6 is 0 Å². The topological polar surface area (TPSA) is 74.6 Å². The quantitative estimate of drug-likeness (QED) is 0.623. The van der Waals surface area contributed by atoms with Crippen molar-refractivity contribution in [2.75, 3.05) is 0 Å². The zero-order valence-corrected chi connectivity index (χ0v) is 12.5. The fourth-order valence-corrected chi connectivity index (χ4v) is 1.91. The van der Waals surface area contributed by atoms with E-state index in [1.54, 1.807) is 0 Å². The molecular weight excluding hydrogens is 280 g/mol. The number of aromatic carboxylic acids is 2. The zero-order chi connectivity index (χ0) is 16.4. The van der Waals surface area contributed by atoms with Crippen molar-refractivity contribution in [2.24, 2.45) is 0 Å². The summed E-state index contributed by atoms with van der Waals surface area (Å²) in [6.07, 6.45) is 5.29. The van der Waals surface area contributed by atoms with Gasteiger partial charge >= 0.3 is 11.9 Å². The summed E-state index contributed by atoms with van der Waals surface area (Å²) < 4.78 is 0. The molecule has 0 radical (unpaired) electrons. The molecule has 0 aromatic heterocycles. The minimum Gasteiger partial charge on any atom is -0.478 e. The van der Waals surface area contributed by atoms with Crippen molar-refractivity contribution in [2.45, 2.75) is 39.0 Å². The van der Waals surface area contributed by atoms with E-state index in [1.807, 2.05) is 0 Å². The van der Waals surface area contributed by atoms with Gasteiger partial charge in [-0.2, -0.15) is 0 Å². The van der Waals surface area contributed by atoms with Gasteiger partial charge in [-0.1, -0.05) is 44.1 Å². The van der Waals surface area contributed by atoms with Gasteiger partial charge in [0.1, 0.15) is 0 Å². The van der Waals surface area contributed by atoms with E-state index in [9.17, 15) is 9.59 Å². The highest BCUT2D eigenvalue weighted by Gasteiger charge is 2.18. The molecule has 4 nitrogen and oxygen atoms in total. The Balaban J connectivity index is 2.85. The van der Waals surface area contributed by atoms with Gasteiger partial charge in [0, 0.05) is 12.0 Å². The van der Waals surface area contributed by atoms with Crippen LogP contribution in [0.25, 0.3) is 0 Å². The predicted molar refractivity (Wildman–Crippen MR) is 83.8 cm³/mol. The van der Waals surface area contributed by atoms with Gasteiger partial charge in [-0.05, 0) is 30.4 Å². The third-order valence-electron chi connectivity index (χ3n) is 3.01. The van der Waals surface area contributed by atoms with Crippen LogP contribution in [0.5, 0.6) is 0 Å². The minimum atomic E-state index is -1.31. The molecule has 0 saturated heterocycles. The highest BCUT2D eigenvalue weighted by molar-refractivity contribution is 6.03. The number of carboxylic acids is 2. The van der Waals surface area contributed by atoms with E-state index in [2.05, 4.69) is 30.6 Å². The molecule has 0 amide bonds. The summed E-state index contributed by atoms with van der Waals surface area (Å²) in [7, 11) is 0. The van der Waals surface area contributed by atoms with Crippen LogP contribution in [0.4, 0.5) is 0 Å². The van der Waals surface area contributed by atoms with Gasteiger partial charge in [0.25, 0.3) is 0 Å². The van der Waals surface area contributed by atoms with Gasteiger partial charge in [0.15, 0.2) is 0 Å². The van der Waals surface area contributed by atoms with Crippen LogP contribution in [0.1, 0.15) is 65.3 Å². The van der Waals surface area contributed by atoms with E-state index in [1.165, 1.54) is 31.0 Å². The summed E-state index contributed by atoms with van der Waals surface area (Å²) in [5, 5.41) is 18.2. The van der Waals surface area contributed by atoms with Gasteiger partial charge in [0.2, 0.25) is 0 Å². The lowest BCUT2D eigenvalue weighted by molar-refractivity contribution is 0.0651. The zero-order valence-electron chi connectivity index (χ0n) is 12.5. The highest BCUT2D eigenvalue weighted by Crippen LogP contribution is 2.14. The first-order chi connectivity index (χ1) is 10.6. The number of benzene rings is 1. The number of rotatable bonds is 6. The summed E-state index contributed by atoms with van der Waals surface area (Å²) in [5.41, 5.74) is -0.410. The Kier molecular flexibility index (Phi) is 7.29. The smallest absolute Gasteiger partial charge is 0.337 e. The van der Waals surface area contributed by atoms with Gasteiger partial charge in [-0.25, -0.2) is 9.59 Å². The molecule has 0 aliphatic carbocycles. The molecule has 0 aliphatic rings. The van der Waals surface area contributed by atoms with Crippen LogP contribution in [-0.2, 0) is 0 Å². The van der Waals surface area contributed by atoms with Crippen LogP contribution < -0.4 is 0 Å². The van der Waals surface area contributed by atoms with Gasteiger partial charge in [-0.15, -0.1) is 0 Å². The van der Waals surface area contributed by atoms with E-state index >= 15 is 0 Å². The molecule has 0 heterocycles. The highest BCUT2D eigenvalue weighted by atomic mass is 16.4. The third-order valence-corrected chi connectivity index (χ3v) is 3.01. The van der Waals surface area contributed by atoms with Crippen LogP contribution in [0.15, 0.2) is 18.2 Å². The summed E-state index contributed by atoms with van der Waals surface area (Å²) >= 11 is 0. The Hall–Kier alpha value is -2.72. The Morgan fingerprint density at radius 2 is 1.82 bits per heavy atom. The molecule has 0 fully saturated rings. The molecule has 0 spiro atoms. The summed E-state index contributed by atoms with van der Waals surface area (Å²) in [5.74, 6) is 8.20. The lowest BCUT2D eigenvalue weighted by Gasteiger charge is -2.03. The fourth-order valence-electron chi connectivity index (χ4n) is 1.91. The second kappa shape index (κ2) is 9.26. The molecule has 2 N–H and O–H groups in total.